The van der Waals surface area contributed by atoms with Gasteiger partial charge in [-0.2, -0.15) is 0 Å². The molecule has 2 heterocycles. The number of methoxy groups -OCH3 is 1. The first kappa shape index (κ1) is 19.5. The summed E-state index contributed by atoms with van der Waals surface area (Å²) in [5.74, 6) is 1.15. The van der Waals surface area contributed by atoms with Crippen molar-refractivity contribution in [2.45, 2.75) is 13.5 Å². The van der Waals surface area contributed by atoms with Crippen molar-refractivity contribution < 1.29 is 19.4 Å². The van der Waals surface area contributed by atoms with Crippen molar-refractivity contribution in [3.8, 4) is 17.2 Å². The van der Waals surface area contributed by atoms with Gasteiger partial charge in [0.15, 0.2) is 5.76 Å². The number of allylic oxidation sites excluding steroid dienone is 1. The molecule has 2 aliphatic heterocycles. The zero-order valence-electron chi connectivity index (χ0n) is 17.1. The van der Waals surface area contributed by atoms with Crippen LogP contribution in [0.15, 0.2) is 36.1 Å². The monoisotopic (exact) mass is 394 g/mol. The van der Waals surface area contributed by atoms with Crippen LogP contribution in [-0.4, -0.2) is 61.0 Å². The molecule has 0 unspecified atom stereocenters. The molecular weight excluding hydrogens is 368 g/mol. The Kier molecular flexibility index (Phi) is 5.30. The van der Waals surface area contributed by atoms with Crippen LogP contribution in [0.25, 0.3) is 6.08 Å². The van der Waals surface area contributed by atoms with Gasteiger partial charge in [-0.3, -0.25) is 9.69 Å². The van der Waals surface area contributed by atoms with Crippen LogP contribution < -0.4 is 9.47 Å². The van der Waals surface area contributed by atoms with Gasteiger partial charge in [0.25, 0.3) is 0 Å². The Morgan fingerprint density at radius 3 is 2.52 bits per heavy atom. The van der Waals surface area contributed by atoms with Crippen LogP contribution in [0.2, 0.25) is 0 Å². The second-order valence-corrected chi connectivity index (χ2v) is 7.69. The Hall–Kier alpha value is -2.83. The molecule has 0 spiro atoms. The van der Waals surface area contributed by atoms with Crippen molar-refractivity contribution in [2.75, 3.05) is 40.3 Å². The summed E-state index contributed by atoms with van der Waals surface area (Å²) in [5.41, 5.74) is 2.82. The number of aryl methyl sites for hydroxylation is 1. The molecule has 0 aromatic heterocycles. The van der Waals surface area contributed by atoms with Gasteiger partial charge in [0, 0.05) is 38.3 Å². The summed E-state index contributed by atoms with van der Waals surface area (Å²) in [7, 11) is 3.72. The second-order valence-electron chi connectivity index (χ2n) is 7.69. The van der Waals surface area contributed by atoms with E-state index in [9.17, 15) is 9.90 Å². The van der Waals surface area contributed by atoms with E-state index in [1.807, 2.05) is 37.3 Å². The third kappa shape index (κ3) is 3.86. The van der Waals surface area contributed by atoms with E-state index in [1.54, 1.807) is 13.2 Å². The molecule has 6 heteroatoms. The van der Waals surface area contributed by atoms with Gasteiger partial charge in [0.2, 0.25) is 5.78 Å². The number of carbonyl (C=O) groups is 1. The van der Waals surface area contributed by atoms with Gasteiger partial charge in [-0.1, -0.05) is 12.1 Å². The number of likely N-dealkylation sites (N-methyl/N-ethyl adjacent to an activating group) is 1. The molecule has 0 amide bonds. The largest absolute Gasteiger partial charge is 0.507 e. The molecule has 1 N–H and O–H groups in total. The number of ketones is 1. The maximum Gasteiger partial charge on any atom is 0.235 e. The predicted molar refractivity (Wildman–Crippen MR) is 112 cm³/mol. The van der Waals surface area contributed by atoms with Crippen LogP contribution in [0.5, 0.6) is 17.2 Å². The quantitative estimate of drug-likeness (QED) is 0.805. The lowest BCUT2D eigenvalue weighted by atomic mass is 9.99. The van der Waals surface area contributed by atoms with Crippen LogP contribution in [0, 0.1) is 6.92 Å². The minimum absolute atomic E-state index is 0.0436. The Balaban J connectivity index is 1.60. The van der Waals surface area contributed by atoms with Crippen molar-refractivity contribution in [1.82, 2.24) is 9.80 Å². The first-order chi connectivity index (χ1) is 14.0. The molecular formula is C23H26N2O4. The Morgan fingerprint density at radius 1 is 1.17 bits per heavy atom. The van der Waals surface area contributed by atoms with E-state index >= 15 is 0 Å². The average molecular weight is 394 g/mol. The van der Waals surface area contributed by atoms with Crippen molar-refractivity contribution in [3.05, 3.63) is 58.3 Å². The van der Waals surface area contributed by atoms with Crippen LogP contribution in [0.3, 0.4) is 0 Å². The number of aromatic hydroxyl groups is 1. The third-order valence-electron chi connectivity index (χ3n) is 5.65. The normalized spacial score (nSPS) is 18.7. The average Bonchev–Trinajstić information content (AvgIpc) is 3.02. The molecule has 2 aliphatic rings. The molecule has 152 valence electrons. The number of ether oxygens (including phenoxy) is 2. The summed E-state index contributed by atoms with van der Waals surface area (Å²) in [6.45, 7) is 6.47. The fourth-order valence-electron chi connectivity index (χ4n) is 3.77. The van der Waals surface area contributed by atoms with Crippen molar-refractivity contribution in [1.29, 1.82) is 0 Å². The van der Waals surface area contributed by atoms with Gasteiger partial charge in [-0.25, -0.2) is 0 Å². The molecule has 0 radical (unpaired) electrons. The number of rotatable bonds is 4. The van der Waals surface area contributed by atoms with E-state index in [4.69, 9.17) is 9.47 Å². The SMILES string of the molecule is COc1ccc(C=C2Oc3cc(C)c(CN4CCN(C)CC4)c(O)c3C2=O)cc1. The van der Waals surface area contributed by atoms with Crippen LogP contribution in [0.4, 0.5) is 0 Å². The number of phenolic OH excluding ortho intramolecular Hbond substituents is 1. The first-order valence-corrected chi connectivity index (χ1v) is 9.81. The minimum Gasteiger partial charge on any atom is -0.507 e. The fraction of sp³-hybridized carbons (Fsp3) is 0.348. The van der Waals surface area contributed by atoms with E-state index in [0.29, 0.717) is 12.3 Å². The Morgan fingerprint density at radius 2 is 1.86 bits per heavy atom. The van der Waals surface area contributed by atoms with E-state index in [-0.39, 0.29) is 22.9 Å². The lowest BCUT2D eigenvalue weighted by Crippen LogP contribution is -2.44. The third-order valence-corrected chi connectivity index (χ3v) is 5.65. The van der Waals surface area contributed by atoms with Crippen molar-refractivity contribution in [2.24, 2.45) is 0 Å². The highest BCUT2D eigenvalue weighted by Gasteiger charge is 2.33. The predicted octanol–water partition coefficient (Wildman–Crippen LogP) is 3.07. The number of phenols is 1. The summed E-state index contributed by atoms with van der Waals surface area (Å²) < 4.78 is 11.0. The van der Waals surface area contributed by atoms with E-state index in [0.717, 1.165) is 48.6 Å². The Labute approximate surface area is 171 Å². The number of carbonyl (C=O) groups excluding carboxylic acids is 1. The number of hydrogen-bond acceptors (Lipinski definition) is 6. The molecule has 4 rings (SSSR count). The zero-order chi connectivity index (χ0) is 20.5. The van der Waals surface area contributed by atoms with Crippen molar-refractivity contribution >= 4 is 11.9 Å². The summed E-state index contributed by atoms with van der Waals surface area (Å²) in [6, 6.07) is 9.22. The zero-order valence-corrected chi connectivity index (χ0v) is 17.1. The van der Waals surface area contributed by atoms with E-state index in [1.165, 1.54) is 0 Å². The molecule has 0 atom stereocenters. The molecule has 29 heavy (non-hydrogen) atoms. The van der Waals surface area contributed by atoms with Gasteiger partial charge in [-0.05, 0) is 49.4 Å². The molecule has 0 saturated carbocycles. The minimum atomic E-state index is -0.284. The number of fused-ring (bicyclic) bond motifs is 1. The van der Waals surface area contributed by atoms with Crippen LogP contribution in [-0.2, 0) is 6.54 Å². The van der Waals surface area contributed by atoms with E-state index in [2.05, 4.69) is 16.8 Å². The highest BCUT2D eigenvalue weighted by Crippen LogP contribution is 2.42. The summed E-state index contributed by atoms with van der Waals surface area (Å²) in [6.07, 6.45) is 1.69. The molecule has 2 aromatic rings. The summed E-state index contributed by atoms with van der Waals surface area (Å²) in [4.78, 5) is 17.5. The summed E-state index contributed by atoms with van der Waals surface area (Å²) >= 11 is 0. The number of nitrogens with zero attached hydrogens (tertiary/aromatic N) is 2. The lowest BCUT2D eigenvalue weighted by molar-refractivity contribution is 0.101. The summed E-state index contributed by atoms with van der Waals surface area (Å²) in [5, 5.41) is 10.9. The molecule has 0 aliphatic carbocycles. The molecule has 6 nitrogen and oxygen atoms in total. The highest BCUT2D eigenvalue weighted by atomic mass is 16.5. The molecule has 2 aromatic carbocycles. The van der Waals surface area contributed by atoms with Crippen LogP contribution in [0.1, 0.15) is 27.0 Å². The number of Topliss-reactive ketones (excluding diaryl/α,β-unsaturated/α-hetero) is 1. The number of piperazine rings is 1. The molecule has 0 bridgehead atoms. The smallest absolute Gasteiger partial charge is 0.235 e. The van der Waals surface area contributed by atoms with Gasteiger partial charge in [-0.15, -0.1) is 0 Å². The maximum atomic E-state index is 12.9. The second kappa shape index (κ2) is 7.89. The molecule has 1 fully saturated rings. The Bertz CT molecular complexity index is 958. The fourth-order valence-corrected chi connectivity index (χ4v) is 3.77. The van der Waals surface area contributed by atoms with Crippen LogP contribution >= 0.6 is 0 Å². The van der Waals surface area contributed by atoms with Gasteiger partial charge in [0.1, 0.15) is 22.8 Å². The van der Waals surface area contributed by atoms with Crippen molar-refractivity contribution in [3.63, 3.8) is 0 Å². The highest BCUT2D eigenvalue weighted by molar-refractivity contribution is 6.16. The van der Waals surface area contributed by atoms with Gasteiger partial charge >= 0.3 is 0 Å². The standard InChI is InChI=1S/C23H26N2O4/c1-15-12-19-21(22(26)18(15)14-25-10-8-24(2)9-11-25)23(27)20(29-19)13-16-4-6-17(28-3)7-5-16/h4-7,12-13,26H,8-11,14H2,1-3H3. The maximum absolute atomic E-state index is 12.9. The van der Waals surface area contributed by atoms with Gasteiger partial charge in [0.05, 0.1) is 7.11 Å². The molecule has 1 saturated heterocycles. The first-order valence-electron chi connectivity index (χ1n) is 9.81. The number of benzene rings is 2. The number of hydrogen-bond donors (Lipinski definition) is 1. The topological polar surface area (TPSA) is 62.2 Å². The lowest BCUT2D eigenvalue weighted by Gasteiger charge is -2.32. The van der Waals surface area contributed by atoms with E-state index < -0.39 is 0 Å². The van der Waals surface area contributed by atoms with Gasteiger partial charge < -0.3 is 19.5 Å².